The zero-order valence-electron chi connectivity index (χ0n) is 18.0. The number of benzene rings is 2. The van der Waals surface area contributed by atoms with Gasteiger partial charge in [-0.1, -0.05) is 19.9 Å². The van der Waals surface area contributed by atoms with Gasteiger partial charge in [0, 0.05) is 41.6 Å². The number of rotatable bonds is 6. The van der Waals surface area contributed by atoms with Crippen LogP contribution in [0.2, 0.25) is 0 Å². The van der Waals surface area contributed by atoms with E-state index in [-0.39, 0.29) is 17.7 Å². The average Bonchev–Trinajstić information content (AvgIpc) is 3.58. The fourth-order valence-corrected chi connectivity index (χ4v) is 3.48. The molecule has 1 fully saturated rings. The Labute approximate surface area is 182 Å². The monoisotopic (exact) mass is 419 g/mol. The van der Waals surface area contributed by atoms with Gasteiger partial charge in [0.25, 0.3) is 11.8 Å². The second-order valence-electron chi connectivity index (χ2n) is 8.38. The summed E-state index contributed by atoms with van der Waals surface area (Å²) in [6, 6.07) is 13.4. The first-order valence-electron chi connectivity index (χ1n) is 10.9. The summed E-state index contributed by atoms with van der Waals surface area (Å²) in [6.07, 6.45) is 3.09. The number of carbonyl (C=O) groups is 2. The van der Waals surface area contributed by atoms with Crippen LogP contribution in [0.3, 0.4) is 0 Å². The normalized spacial score (nSPS) is 15.6. The number of hydrogen-bond donors (Lipinski definition) is 4. The van der Waals surface area contributed by atoms with Gasteiger partial charge in [-0.15, -0.1) is 0 Å². The molecule has 1 heterocycles. The van der Waals surface area contributed by atoms with Gasteiger partial charge in [-0.25, -0.2) is 0 Å². The molecule has 1 saturated carbocycles. The molecular weight excluding hydrogens is 390 g/mol. The van der Waals surface area contributed by atoms with E-state index in [1.165, 1.54) is 0 Å². The summed E-state index contributed by atoms with van der Waals surface area (Å²) in [5.74, 6) is 0.523. The number of anilines is 2. The summed E-state index contributed by atoms with van der Waals surface area (Å²) in [5.41, 5.74) is 4.00. The molecule has 7 nitrogen and oxygen atoms in total. The van der Waals surface area contributed by atoms with Crippen LogP contribution >= 0.6 is 0 Å². The fraction of sp³-hybridized carbons (Fsp3) is 0.375. The van der Waals surface area contributed by atoms with Gasteiger partial charge in [-0.05, 0) is 67.1 Å². The minimum absolute atomic E-state index is 0.0403. The Morgan fingerprint density at radius 2 is 1.87 bits per heavy atom. The lowest BCUT2D eigenvalue weighted by atomic mass is 9.98. The Balaban J connectivity index is 1.51. The summed E-state index contributed by atoms with van der Waals surface area (Å²) < 4.78 is 0. The number of hydrogen-bond acceptors (Lipinski definition) is 5. The number of aliphatic imine (C=N–C) groups is 1. The molecular formula is C24H29N5O2. The number of carbonyl (C=O) groups excluding carboxylic acids is 2. The first-order valence-corrected chi connectivity index (χ1v) is 10.9. The van der Waals surface area contributed by atoms with Crippen molar-refractivity contribution in [1.82, 2.24) is 16.0 Å². The van der Waals surface area contributed by atoms with Crippen molar-refractivity contribution in [1.29, 1.82) is 0 Å². The molecule has 162 valence electrons. The van der Waals surface area contributed by atoms with E-state index in [9.17, 15) is 9.59 Å². The SMILES string of the molecule is CC(C)c1cc(C(=O)NC2=NCCCN2)ccc1Nc1cccc(C(=O)NC2CC2)c1. The topological polar surface area (TPSA) is 94.6 Å². The third kappa shape index (κ3) is 5.42. The fourth-order valence-electron chi connectivity index (χ4n) is 3.48. The van der Waals surface area contributed by atoms with Gasteiger partial charge in [-0.3, -0.25) is 19.9 Å². The van der Waals surface area contributed by atoms with Crippen LogP contribution in [0.15, 0.2) is 47.5 Å². The molecule has 2 aromatic carbocycles. The molecule has 0 saturated heterocycles. The molecule has 1 aliphatic heterocycles. The second kappa shape index (κ2) is 9.20. The van der Waals surface area contributed by atoms with Crippen molar-refractivity contribution in [2.75, 3.05) is 18.4 Å². The van der Waals surface area contributed by atoms with Crippen LogP contribution in [-0.2, 0) is 0 Å². The molecule has 2 amide bonds. The molecule has 0 spiro atoms. The number of nitrogens with zero attached hydrogens (tertiary/aromatic N) is 1. The van der Waals surface area contributed by atoms with Crippen LogP contribution in [0, 0.1) is 0 Å². The highest BCUT2D eigenvalue weighted by molar-refractivity contribution is 6.06. The predicted octanol–water partition coefficient (Wildman–Crippen LogP) is 3.52. The van der Waals surface area contributed by atoms with Crippen molar-refractivity contribution in [2.45, 2.75) is 45.1 Å². The number of nitrogens with one attached hydrogen (secondary N) is 4. The molecule has 0 atom stereocenters. The third-order valence-corrected chi connectivity index (χ3v) is 5.38. The maximum absolute atomic E-state index is 12.7. The smallest absolute Gasteiger partial charge is 0.257 e. The lowest BCUT2D eigenvalue weighted by Gasteiger charge is -2.18. The molecule has 31 heavy (non-hydrogen) atoms. The third-order valence-electron chi connectivity index (χ3n) is 5.38. The van der Waals surface area contributed by atoms with E-state index in [0.717, 1.165) is 49.3 Å². The van der Waals surface area contributed by atoms with Crippen molar-refractivity contribution in [3.05, 3.63) is 59.2 Å². The summed E-state index contributed by atoms with van der Waals surface area (Å²) in [4.78, 5) is 29.3. The molecule has 7 heteroatoms. The van der Waals surface area contributed by atoms with E-state index < -0.39 is 0 Å². The van der Waals surface area contributed by atoms with E-state index in [1.54, 1.807) is 6.07 Å². The van der Waals surface area contributed by atoms with Gasteiger partial charge in [0.2, 0.25) is 0 Å². The van der Waals surface area contributed by atoms with E-state index in [4.69, 9.17) is 0 Å². The quantitative estimate of drug-likeness (QED) is 0.576. The molecule has 2 aliphatic rings. The molecule has 0 aromatic heterocycles. The standard InChI is InChI=1S/C24H29N5O2/c1-15(2)20-14-17(23(31)29-24-25-11-4-12-26-24)7-10-21(20)27-19-6-3-5-16(13-19)22(30)28-18-8-9-18/h3,5-7,10,13-15,18,27H,4,8-9,11-12H2,1-2H3,(H,28,30)(H2,25,26,29,31). The first-order chi connectivity index (χ1) is 15.0. The second-order valence-corrected chi connectivity index (χ2v) is 8.38. The molecule has 0 bridgehead atoms. The van der Waals surface area contributed by atoms with Gasteiger partial charge in [0.1, 0.15) is 0 Å². The van der Waals surface area contributed by atoms with Gasteiger partial charge in [0.05, 0.1) is 0 Å². The minimum atomic E-state index is -0.180. The molecule has 4 rings (SSSR count). The maximum atomic E-state index is 12.7. The zero-order chi connectivity index (χ0) is 21.8. The van der Waals surface area contributed by atoms with Gasteiger partial charge < -0.3 is 16.0 Å². The van der Waals surface area contributed by atoms with Crippen LogP contribution in [-0.4, -0.2) is 36.9 Å². The van der Waals surface area contributed by atoms with Gasteiger partial charge >= 0.3 is 0 Å². The van der Waals surface area contributed by atoms with E-state index in [0.29, 0.717) is 23.1 Å². The van der Waals surface area contributed by atoms with Crippen molar-refractivity contribution < 1.29 is 9.59 Å². The number of amides is 2. The largest absolute Gasteiger partial charge is 0.356 e. The Kier molecular flexibility index (Phi) is 6.21. The van der Waals surface area contributed by atoms with E-state index in [1.807, 2.05) is 36.4 Å². The summed E-state index contributed by atoms with van der Waals surface area (Å²) >= 11 is 0. The Bertz CT molecular complexity index is 1010. The van der Waals surface area contributed by atoms with Crippen LogP contribution in [0.5, 0.6) is 0 Å². The van der Waals surface area contributed by atoms with E-state index >= 15 is 0 Å². The molecule has 0 radical (unpaired) electrons. The van der Waals surface area contributed by atoms with Gasteiger partial charge in [0.15, 0.2) is 5.96 Å². The van der Waals surface area contributed by atoms with Crippen molar-refractivity contribution in [3.63, 3.8) is 0 Å². The highest BCUT2D eigenvalue weighted by Gasteiger charge is 2.24. The average molecular weight is 420 g/mol. The van der Waals surface area contributed by atoms with Crippen molar-refractivity contribution >= 4 is 29.1 Å². The number of guanidine groups is 1. The summed E-state index contributed by atoms with van der Waals surface area (Å²) in [7, 11) is 0. The van der Waals surface area contributed by atoms with Crippen LogP contribution in [0.1, 0.15) is 65.3 Å². The zero-order valence-corrected chi connectivity index (χ0v) is 18.0. The molecule has 0 unspecified atom stereocenters. The predicted molar refractivity (Wildman–Crippen MR) is 123 cm³/mol. The van der Waals surface area contributed by atoms with E-state index in [2.05, 4.69) is 40.1 Å². The molecule has 2 aromatic rings. The lowest BCUT2D eigenvalue weighted by molar-refractivity contribution is 0.0948. The Morgan fingerprint density at radius 3 is 2.58 bits per heavy atom. The minimum Gasteiger partial charge on any atom is -0.356 e. The van der Waals surface area contributed by atoms with Crippen LogP contribution in [0.4, 0.5) is 11.4 Å². The van der Waals surface area contributed by atoms with Gasteiger partial charge in [-0.2, -0.15) is 0 Å². The molecule has 4 N–H and O–H groups in total. The lowest BCUT2D eigenvalue weighted by Crippen LogP contribution is -2.43. The Morgan fingerprint density at radius 1 is 1.06 bits per heavy atom. The van der Waals surface area contributed by atoms with Crippen molar-refractivity contribution in [3.8, 4) is 0 Å². The highest BCUT2D eigenvalue weighted by atomic mass is 16.2. The highest BCUT2D eigenvalue weighted by Crippen LogP contribution is 2.29. The van der Waals surface area contributed by atoms with Crippen LogP contribution < -0.4 is 21.3 Å². The molecule has 1 aliphatic carbocycles. The Hall–Kier alpha value is -3.35. The summed E-state index contributed by atoms with van der Waals surface area (Å²) in [5, 5.41) is 12.4. The first kappa shape index (κ1) is 20.9. The summed E-state index contributed by atoms with van der Waals surface area (Å²) in [6.45, 7) is 5.72. The maximum Gasteiger partial charge on any atom is 0.257 e. The van der Waals surface area contributed by atoms with Crippen molar-refractivity contribution in [2.24, 2.45) is 4.99 Å². The van der Waals surface area contributed by atoms with Crippen LogP contribution in [0.25, 0.3) is 0 Å².